The van der Waals surface area contributed by atoms with Crippen molar-refractivity contribution in [1.82, 2.24) is 24.9 Å². The molecule has 182 valence electrons. The molecule has 0 aliphatic carbocycles. The number of carbonyl (C=O) groups is 1. The number of nitrogens with zero attached hydrogens (tertiary/aromatic N) is 4. The molecule has 10 nitrogen and oxygen atoms in total. The summed E-state index contributed by atoms with van der Waals surface area (Å²) in [5.74, 6) is 0.250. The number of hydrogen-bond acceptors (Lipinski definition) is 8. The number of fused-ring (bicyclic) bond motifs is 1. The Kier molecular flexibility index (Phi) is 6.89. The van der Waals surface area contributed by atoms with E-state index >= 15 is 0 Å². The van der Waals surface area contributed by atoms with Crippen molar-refractivity contribution in [2.75, 3.05) is 30.4 Å². The Labute approximate surface area is 194 Å². The number of aromatic nitrogens is 4. The first-order valence-electron chi connectivity index (χ1n) is 10.9. The normalized spacial score (nSPS) is 19.6. The van der Waals surface area contributed by atoms with Gasteiger partial charge in [0.2, 0.25) is 0 Å². The lowest BCUT2D eigenvalue weighted by molar-refractivity contribution is -0.00178. The first-order valence-corrected chi connectivity index (χ1v) is 10.9. The second-order valence-electron chi connectivity index (χ2n) is 8.65. The van der Waals surface area contributed by atoms with Gasteiger partial charge in [0.1, 0.15) is 24.0 Å². The number of aliphatic hydroxyl groups is 1. The SMILES string of the molecule is CC(C)(O)C(F)CNC(=O)c1cnc(Nc2ccn3nccc3n2)cc1NC1COCCC1F. The topological polar surface area (TPSA) is 126 Å². The van der Waals surface area contributed by atoms with Gasteiger partial charge in [-0.15, -0.1) is 0 Å². The maximum absolute atomic E-state index is 14.4. The monoisotopic (exact) mass is 475 g/mol. The minimum atomic E-state index is -1.67. The number of anilines is 3. The predicted octanol–water partition coefficient (Wildman–Crippen LogP) is 2.25. The van der Waals surface area contributed by atoms with Crippen LogP contribution in [0.15, 0.2) is 36.8 Å². The lowest BCUT2D eigenvalue weighted by atomic mass is 10.0. The highest BCUT2D eigenvalue weighted by molar-refractivity contribution is 5.99. The van der Waals surface area contributed by atoms with Gasteiger partial charge in [-0.25, -0.2) is 23.3 Å². The van der Waals surface area contributed by atoms with Crippen LogP contribution >= 0.6 is 0 Å². The Bertz CT molecular complexity index is 1150. The summed E-state index contributed by atoms with van der Waals surface area (Å²) in [4.78, 5) is 21.5. The fraction of sp³-hybridized carbons (Fsp3) is 0.455. The molecule has 4 N–H and O–H groups in total. The van der Waals surface area contributed by atoms with E-state index in [1.54, 1.807) is 35.1 Å². The van der Waals surface area contributed by atoms with Crippen LogP contribution in [0.4, 0.5) is 26.1 Å². The fourth-order valence-electron chi connectivity index (χ4n) is 3.41. The number of pyridine rings is 1. The van der Waals surface area contributed by atoms with Crippen LogP contribution in [0, 0.1) is 0 Å². The highest BCUT2D eigenvalue weighted by atomic mass is 19.1. The number of nitrogens with one attached hydrogen (secondary N) is 3. The molecule has 3 aromatic heterocycles. The molecule has 0 aromatic carbocycles. The zero-order chi connectivity index (χ0) is 24.3. The summed E-state index contributed by atoms with van der Waals surface area (Å²) in [7, 11) is 0. The van der Waals surface area contributed by atoms with Crippen molar-refractivity contribution in [2.24, 2.45) is 0 Å². The third-order valence-electron chi connectivity index (χ3n) is 5.48. The lowest BCUT2D eigenvalue weighted by Gasteiger charge is -2.28. The van der Waals surface area contributed by atoms with Crippen LogP contribution in [0.5, 0.6) is 0 Å². The van der Waals surface area contributed by atoms with E-state index < -0.39 is 36.4 Å². The van der Waals surface area contributed by atoms with E-state index in [1.807, 2.05) is 0 Å². The van der Waals surface area contributed by atoms with Gasteiger partial charge in [-0.1, -0.05) is 0 Å². The molecule has 1 saturated heterocycles. The van der Waals surface area contributed by atoms with Gasteiger partial charge in [-0.3, -0.25) is 4.79 Å². The molecule has 12 heteroatoms. The summed E-state index contributed by atoms with van der Waals surface area (Å²) >= 11 is 0. The predicted molar refractivity (Wildman–Crippen MR) is 122 cm³/mol. The maximum atomic E-state index is 14.4. The van der Waals surface area contributed by atoms with Crippen molar-refractivity contribution in [1.29, 1.82) is 0 Å². The maximum Gasteiger partial charge on any atom is 0.255 e. The average Bonchev–Trinajstić information content (AvgIpc) is 3.26. The van der Waals surface area contributed by atoms with Gasteiger partial charge in [-0.05, 0) is 19.9 Å². The summed E-state index contributed by atoms with van der Waals surface area (Å²) in [6.07, 6.45) is 2.07. The number of carbonyl (C=O) groups excluding carboxylic acids is 1. The zero-order valence-electron chi connectivity index (χ0n) is 18.8. The minimum absolute atomic E-state index is 0.102. The molecule has 3 aromatic rings. The fourth-order valence-corrected chi connectivity index (χ4v) is 3.41. The van der Waals surface area contributed by atoms with Crippen LogP contribution in [0.25, 0.3) is 5.65 Å². The van der Waals surface area contributed by atoms with Crippen molar-refractivity contribution in [3.8, 4) is 0 Å². The summed E-state index contributed by atoms with van der Waals surface area (Å²) in [5.41, 5.74) is -0.570. The molecule has 0 radical (unpaired) electrons. The molecule has 3 unspecified atom stereocenters. The number of amides is 1. The van der Waals surface area contributed by atoms with Gasteiger partial charge in [0, 0.05) is 37.6 Å². The Morgan fingerprint density at radius 1 is 1.38 bits per heavy atom. The first-order chi connectivity index (χ1) is 16.2. The summed E-state index contributed by atoms with van der Waals surface area (Å²) in [5, 5.41) is 22.4. The van der Waals surface area contributed by atoms with E-state index in [0.29, 0.717) is 29.6 Å². The van der Waals surface area contributed by atoms with Crippen LogP contribution in [0.3, 0.4) is 0 Å². The van der Waals surface area contributed by atoms with Crippen molar-refractivity contribution in [3.05, 3.63) is 42.4 Å². The molecule has 0 bridgehead atoms. The van der Waals surface area contributed by atoms with E-state index in [9.17, 15) is 18.7 Å². The molecule has 3 atom stereocenters. The van der Waals surface area contributed by atoms with Gasteiger partial charge in [0.25, 0.3) is 5.91 Å². The van der Waals surface area contributed by atoms with Gasteiger partial charge in [-0.2, -0.15) is 5.10 Å². The first kappa shape index (κ1) is 23.8. The summed E-state index contributed by atoms with van der Waals surface area (Å²) < 4.78 is 35.5. The molecule has 34 heavy (non-hydrogen) atoms. The van der Waals surface area contributed by atoms with Crippen molar-refractivity contribution < 1.29 is 23.4 Å². The molecule has 1 aliphatic rings. The van der Waals surface area contributed by atoms with E-state index in [-0.39, 0.29) is 18.6 Å². The number of rotatable bonds is 8. The molecule has 4 rings (SSSR count). The van der Waals surface area contributed by atoms with Crippen LogP contribution < -0.4 is 16.0 Å². The van der Waals surface area contributed by atoms with Crippen molar-refractivity contribution >= 4 is 28.9 Å². The van der Waals surface area contributed by atoms with Gasteiger partial charge in [0.05, 0.1) is 42.2 Å². The third kappa shape index (κ3) is 5.57. The van der Waals surface area contributed by atoms with Crippen LogP contribution in [0.2, 0.25) is 0 Å². The molecular formula is C22H27F2N7O3. The molecule has 1 amide bonds. The summed E-state index contributed by atoms with van der Waals surface area (Å²) in [6.45, 7) is 2.71. The lowest BCUT2D eigenvalue weighted by Crippen LogP contribution is -2.43. The quantitative estimate of drug-likeness (QED) is 0.391. The van der Waals surface area contributed by atoms with Crippen molar-refractivity contribution in [2.45, 2.75) is 44.3 Å². The Morgan fingerprint density at radius 3 is 2.97 bits per heavy atom. The van der Waals surface area contributed by atoms with E-state index in [1.165, 1.54) is 20.0 Å². The average molecular weight is 476 g/mol. The van der Waals surface area contributed by atoms with Gasteiger partial charge < -0.3 is 25.8 Å². The highest BCUT2D eigenvalue weighted by Crippen LogP contribution is 2.25. The van der Waals surface area contributed by atoms with Gasteiger partial charge >= 0.3 is 0 Å². The number of ether oxygens (including phenoxy) is 1. The standard InChI is InChI=1S/C22H27F2N7O3/c1-22(2,33)17(24)11-26-21(32)13-10-25-19(9-15(13)28-16-12-34-8-5-14(16)23)29-18-4-7-31-20(30-18)3-6-27-31/h3-4,6-7,9-10,14,16-17,33H,5,8,11-12H2,1-2H3,(H,26,32)(H2,25,28,29,30). The van der Waals surface area contributed by atoms with Crippen LogP contribution in [-0.4, -0.2) is 74.3 Å². The Hall–Kier alpha value is -3.38. The number of halogens is 2. The molecule has 0 spiro atoms. The number of hydrogen-bond donors (Lipinski definition) is 4. The molecular weight excluding hydrogens is 448 g/mol. The van der Waals surface area contributed by atoms with Gasteiger partial charge in [0.15, 0.2) is 5.65 Å². The second kappa shape index (κ2) is 9.85. The molecule has 4 heterocycles. The van der Waals surface area contributed by atoms with E-state index in [2.05, 4.69) is 31.0 Å². The van der Waals surface area contributed by atoms with Crippen LogP contribution in [0.1, 0.15) is 30.6 Å². The third-order valence-corrected chi connectivity index (χ3v) is 5.48. The minimum Gasteiger partial charge on any atom is -0.387 e. The summed E-state index contributed by atoms with van der Waals surface area (Å²) in [6, 6.07) is 4.35. The van der Waals surface area contributed by atoms with E-state index in [0.717, 1.165) is 0 Å². The Morgan fingerprint density at radius 2 is 2.21 bits per heavy atom. The van der Waals surface area contributed by atoms with Crippen LogP contribution in [-0.2, 0) is 4.74 Å². The Balaban J connectivity index is 1.57. The number of alkyl halides is 2. The largest absolute Gasteiger partial charge is 0.387 e. The molecule has 1 fully saturated rings. The molecule has 1 aliphatic heterocycles. The highest BCUT2D eigenvalue weighted by Gasteiger charge is 2.29. The molecule has 0 saturated carbocycles. The second-order valence-corrected chi connectivity index (χ2v) is 8.65. The smallest absolute Gasteiger partial charge is 0.255 e. The van der Waals surface area contributed by atoms with E-state index in [4.69, 9.17) is 4.74 Å². The zero-order valence-corrected chi connectivity index (χ0v) is 18.8. The van der Waals surface area contributed by atoms with Crippen molar-refractivity contribution in [3.63, 3.8) is 0 Å².